The standard InChI is InChI=1S/C24H26N4O3S/c25-14-19(15-27-23(30)20-3-1-2-10-26-20)17-6-4-16(5-7-17)18-8-9-22-21(13-18)28(11-12-29)24(31)32-22/h4-9,13,19-20,26,29H,1-3,10-12,15H2,(H,27,30)/t19-,20-/m0/s1. The maximum Gasteiger partial charge on any atom is 0.308 e. The van der Waals surface area contributed by atoms with Crippen LogP contribution in [-0.4, -0.2) is 41.3 Å². The summed E-state index contributed by atoms with van der Waals surface area (Å²) in [5, 5.41) is 25.0. The minimum absolute atomic E-state index is 0.0421. The molecule has 2 atom stereocenters. The summed E-state index contributed by atoms with van der Waals surface area (Å²) >= 11 is 1.17. The number of amides is 1. The van der Waals surface area contributed by atoms with Gasteiger partial charge in [-0.25, -0.2) is 0 Å². The zero-order chi connectivity index (χ0) is 22.5. The van der Waals surface area contributed by atoms with Gasteiger partial charge >= 0.3 is 4.87 Å². The highest BCUT2D eigenvalue weighted by Crippen LogP contribution is 2.27. The molecule has 0 saturated carbocycles. The van der Waals surface area contributed by atoms with Crippen molar-refractivity contribution in [2.75, 3.05) is 19.7 Å². The number of hydrogen-bond donors (Lipinski definition) is 3. The molecule has 1 aliphatic rings. The number of benzene rings is 2. The topological polar surface area (TPSA) is 107 Å². The molecule has 8 heteroatoms. The van der Waals surface area contributed by atoms with Crippen LogP contribution < -0.4 is 15.5 Å². The van der Waals surface area contributed by atoms with Crippen molar-refractivity contribution in [2.24, 2.45) is 0 Å². The first-order valence-electron chi connectivity index (χ1n) is 10.9. The van der Waals surface area contributed by atoms with Crippen LogP contribution in [0.1, 0.15) is 30.7 Å². The molecule has 0 aliphatic carbocycles. The zero-order valence-corrected chi connectivity index (χ0v) is 18.5. The van der Waals surface area contributed by atoms with Crippen molar-refractivity contribution in [1.82, 2.24) is 15.2 Å². The van der Waals surface area contributed by atoms with E-state index in [1.807, 2.05) is 42.5 Å². The molecule has 3 aromatic rings. The first-order chi connectivity index (χ1) is 15.6. The van der Waals surface area contributed by atoms with E-state index in [-0.39, 0.29) is 36.5 Å². The number of thiazole rings is 1. The number of nitrogens with zero attached hydrogens (tertiary/aromatic N) is 2. The van der Waals surface area contributed by atoms with Gasteiger partial charge in [-0.3, -0.25) is 14.2 Å². The first-order valence-corrected chi connectivity index (χ1v) is 11.7. The Labute approximate surface area is 190 Å². The molecule has 4 rings (SSSR count). The van der Waals surface area contributed by atoms with E-state index in [2.05, 4.69) is 16.7 Å². The van der Waals surface area contributed by atoms with Crippen molar-refractivity contribution >= 4 is 27.5 Å². The molecule has 7 nitrogen and oxygen atoms in total. The number of carbonyl (C=O) groups excluding carboxylic acids is 1. The van der Waals surface area contributed by atoms with Crippen molar-refractivity contribution in [1.29, 1.82) is 5.26 Å². The second-order valence-electron chi connectivity index (χ2n) is 7.98. The number of carbonyl (C=O) groups is 1. The van der Waals surface area contributed by atoms with Gasteiger partial charge in [-0.15, -0.1) is 0 Å². The van der Waals surface area contributed by atoms with Gasteiger partial charge in [0.1, 0.15) is 0 Å². The number of fused-ring (bicyclic) bond motifs is 1. The minimum atomic E-state index is -0.425. The van der Waals surface area contributed by atoms with Crippen LogP contribution in [0.15, 0.2) is 47.3 Å². The molecular weight excluding hydrogens is 424 g/mol. The van der Waals surface area contributed by atoms with Crippen molar-refractivity contribution in [3.8, 4) is 17.2 Å². The minimum Gasteiger partial charge on any atom is -0.395 e. The molecule has 2 aromatic carbocycles. The third-order valence-corrected chi connectivity index (χ3v) is 6.86. The Morgan fingerprint density at radius 3 is 2.72 bits per heavy atom. The van der Waals surface area contributed by atoms with E-state index in [4.69, 9.17) is 0 Å². The lowest BCUT2D eigenvalue weighted by Crippen LogP contribution is -2.47. The maximum atomic E-state index is 12.3. The fourth-order valence-electron chi connectivity index (χ4n) is 4.10. The molecule has 1 aliphatic heterocycles. The zero-order valence-electron chi connectivity index (χ0n) is 17.7. The van der Waals surface area contributed by atoms with Gasteiger partial charge in [-0.1, -0.05) is 48.1 Å². The molecule has 1 amide bonds. The number of piperidine rings is 1. The average molecular weight is 451 g/mol. The number of nitriles is 1. The van der Waals surface area contributed by atoms with E-state index in [0.29, 0.717) is 0 Å². The van der Waals surface area contributed by atoms with Gasteiger partial charge in [0.2, 0.25) is 5.91 Å². The molecule has 1 saturated heterocycles. The lowest BCUT2D eigenvalue weighted by Gasteiger charge is -2.23. The van der Waals surface area contributed by atoms with Crippen LogP contribution in [0.4, 0.5) is 0 Å². The lowest BCUT2D eigenvalue weighted by atomic mass is 9.96. The fraction of sp³-hybridized carbons (Fsp3) is 0.375. The number of rotatable bonds is 7. The monoisotopic (exact) mass is 450 g/mol. The second-order valence-corrected chi connectivity index (χ2v) is 8.97. The third-order valence-electron chi connectivity index (χ3n) is 5.90. The Morgan fingerprint density at radius 2 is 2.03 bits per heavy atom. The van der Waals surface area contributed by atoms with Gasteiger partial charge in [0.15, 0.2) is 0 Å². The van der Waals surface area contributed by atoms with Crippen molar-refractivity contribution < 1.29 is 9.90 Å². The van der Waals surface area contributed by atoms with Gasteiger partial charge in [-0.2, -0.15) is 5.26 Å². The maximum absolute atomic E-state index is 12.3. The van der Waals surface area contributed by atoms with E-state index >= 15 is 0 Å². The van der Waals surface area contributed by atoms with Crippen LogP contribution in [0, 0.1) is 11.3 Å². The van der Waals surface area contributed by atoms with E-state index in [9.17, 15) is 20.0 Å². The van der Waals surface area contributed by atoms with Gasteiger partial charge in [-0.05, 0) is 48.2 Å². The number of nitrogens with one attached hydrogen (secondary N) is 2. The molecule has 3 N–H and O–H groups in total. The van der Waals surface area contributed by atoms with E-state index < -0.39 is 5.92 Å². The largest absolute Gasteiger partial charge is 0.395 e. The predicted octanol–water partition coefficient (Wildman–Crippen LogP) is 2.59. The molecule has 0 radical (unpaired) electrons. The third kappa shape index (κ3) is 4.75. The summed E-state index contributed by atoms with van der Waals surface area (Å²) in [6.45, 7) is 1.32. The summed E-state index contributed by atoms with van der Waals surface area (Å²) in [5.74, 6) is -0.467. The molecule has 0 spiro atoms. The van der Waals surface area contributed by atoms with Gasteiger partial charge in [0.05, 0.1) is 41.4 Å². The summed E-state index contributed by atoms with van der Waals surface area (Å²) in [6, 6.07) is 15.7. The van der Waals surface area contributed by atoms with Gasteiger partial charge in [0, 0.05) is 6.54 Å². The highest BCUT2D eigenvalue weighted by molar-refractivity contribution is 7.16. The summed E-state index contributed by atoms with van der Waals surface area (Å²) in [4.78, 5) is 24.4. The van der Waals surface area contributed by atoms with Crippen molar-refractivity contribution in [3.05, 3.63) is 57.7 Å². The molecule has 32 heavy (non-hydrogen) atoms. The van der Waals surface area contributed by atoms with Gasteiger partial charge < -0.3 is 15.7 Å². The van der Waals surface area contributed by atoms with Crippen LogP contribution in [0.5, 0.6) is 0 Å². The smallest absolute Gasteiger partial charge is 0.308 e. The summed E-state index contributed by atoms with van der Waals surface area (Å²) in [5.41, 5.74) is 3.59. The molecular formula is C24H26N4O3S. The first kappa shape index (κ1) is 22.2. The highest BCUT2D eigenvalue weighted by Gasteiger charge is 2.21. The quantitative estimate of drug-likeness (QED) is 0.513. The van der Waals surface area contributed by atoms with E-state index in [0.717, 1.165) is 52.7 Å². The van der Waals surface area contributed by atoms with Crippen molar-refractivity contribution in [2.45, 2.75) is 37.8 Å². The number of aliphatic hydroxyl groups is 1. The van der Waals surface area contributed by atoms with Crippen LogP contribution in [0.3, 0.4) is 0 Å². The second kappa shape index (κ2) is 10.1. The van der Waals surface area contributed by atoms with Crippen LogP contribution >= 0.6 is 11.3 Å². The molecule has 1 aromatic heterocycles. The average Bonchev–Trinajstić information content (AvgIpc) is 3.15. The molecule has 2 heterocycles. The Balaban J connectivity index is 1.48. The van der Waals surface area contributed by atoms with Crippen LogP contribution in [0.25, 0.3) is 21.3 Å². The molecule has 0 bridgehead atoms. The normalized spacial score (nSPS) is 17.1. The van der Waals surface area contributed by atoms with Crippen LogP contribution in [0.2, 0.25) is 0 Å². The van der Waals surface area contributed by atoms with E-state index in [1.54, 1.807) is 4.57 Å². The molecule has 0 unspecified atom stereocenters. The van der Waals surface area contributed by atoms with Gasteiger partial charge in [0.25, 0.3) is 0 Å². The van der Waals surface area contributed by atoms with Crippen molar-refractivity contribution in [3.63, 3.8) is 0 Å². The summed E-state index contributed by atoms with van der Waals surface area (Å²) in [7, 11) is 0. The number of aliphatic hydroxyl groups excluding tert-OH is 1. The molecule has 1 fully saturated rings. The lowest BCUT2D eigenvalue weighted by molar-refractivity contribution is -0.123. The predicted molar refractivity (Wildman–Crippen MR) is 126 cm³/mol. The molecule has 166 valence electrons. The van der Waals surface area contributed by atoms with Crippen LogP contribution in [-0.2, 0) is 11.3 Å². The number of hydrogen-bond acceptors (Lipinski definition) is 6. The number of aromatic nitrogens is 1. The Morgan fingerprint density at radius 1 is 1.25 bits per heavy atom. The Bertz CT molecular complexity index is 1190. The Hall–Kier alpha value is -2.99. The van der Waals surface area contributed by atoms with E-state index in [1.165, 1.54) is 11.3 Å². The summed E-state index contributed by atoms with van der Waals surface area (Å²) in [6.07, 6.45) is 2.97. The SMILES string of the molecule is N#C[C@@H](CNC(=O)[C@@H]1CCCCN1)c1ccc(-c2ccc3sc(=O)n(CCO)c3c2)cc1. The highest BCUT2D eigenvalue weighted by atomic mass is 32.1. The fourth-order valence-corrected chi connectivity index (χ4v) is 5.00. The summed E-state index contributed by atoms with van der Waals surface area (Å²) < 4.78 is 2.48. The Kier molecular flexibility index (Phi) is 7.00.